The van der Waals surface area contributed by atoms with E-state index in [1.165, 1.54) is 7.11 Å². The quantitative estimate of drug-likeness (QED) is 0.595. The Morgan fingerprint density at radius 2 is 2.08 bits per heavy atom. The number of hydrogen-bond acceptors (Lipinski definition) is 6. The number of fused-ring (bicyclic) bond motifs is 1. The molecule has 1 unspecified atom stereocenters. The number of carbonyl (C=O) groups is 1. The Morgan fingerprint density at radius 1 is 1.36 bits per heavy atom. The lowest BCUT2D eigenvalue weighted by molar-refractivity contribution is -0.211. The maximum absolute atomic E-state index is 12.2. The molecular weight excluding hydrogens is 322 g/mol. The molecule has 0 radical (unpaired) electrons. The second-order valence-corrected chi connectivity index (χ2v) is 7.16. The summed E-state index contributed by atoms with van der Waals surface area (Å²) in [5.74, 6) is 0.104. The molecule has 6 atom stereocenters. The number of nitrogens with zero attached hydrogens (tertiary/aromatic N) is 1. The zero-order valence-electron chi connectivity index (χ0n) is 15.0. The van der Waals surface area contributed by atoms with Gasteiger partial charge in [0.15, 0.2) is 6.29 Å². The van der Waals surface area contributed by atoms with E-state index in [1.807, 2.05) is 35.2 Å². The predicted molar refractivity (Wildman–Crippen MR) is 91.7 cm³/mol. The number of aliphatic hydroxyl groups is 1. The summed E-state index contributed by atoms with van der Waals surface area (Å²) >= 11 is 0. The predicted octanol–water partition coefficient (Wildman–Crippen LogP) is 1.56. The molecule has 0 spiro atoms. The molecule has 0 amide bonds. The van der Waals surface area contributed by atoms with Crippen LogP contribution in [0.15, 0.2) is 30.3 Å². The number of aliphatic hydroxyl groups excluding tert-OH is 1. The highest BCUT2D eigenvalue weighted by molar-refractivity contribution is 5.76. The summed E-state index contributed by atoms with van der Waals surface area (Å²) in [5.41, 5.74) is 1.03. The monoisotopic (exact) mass is 349 g/mol. The molecule has 1 aromatic rings. The van der Waals surface area contributed by atoms with Crippen molar-refractivity contribution in [2.45, 2.75) is 57.4 Å². The third-order valence-electron chi connectivity index (χ3n) is 4.88. The molecule has 3 rings (SSSR count). The number of ether oxygens (including phenoxy) is 3. The first kappa shape index (κ1) is 18.3. The fourth-order valence-electron chi connectivity index (χ4n) is 3.62. The maximum atomic E-state index is 12.2. The van der Waals surface area contributed by atoms with Gasteiger partial charge in [-0.3, -0.25) is 9.69 Å². The zero-order valence-corrected chi connectivity index (χ0v) is 15.0. The van der Waals surface area contributed by atoms with Crippen molar-refractivity contribution in [3.8, 4) is 0 Å². The van der Waals surface area contributed by atoms with Gasteiger partial charge in [-0.15, -0.1) is 0 Å². The minimum Gasteiger partial charge on any atom is -0.468 e. The molecular formula is C19H27NO5. The summed E-state index contributed by atoms with van der Waals surface area (Å²) in [6, 6.07) is 9.38. The third-order valence-corrected chi connectivity index (χ3v) is 4.88. The minimum atomic E-state index is -0.776. The molecule has 25 heavy (non-hydrogen) atoms. The second-order valence-electron chi connectivity index (χ2n) is 7.16. The van der Waals surface area contributed by atoms with Crippen LogP contribution in [-0.4, -0.2) is 60.2 Å². The van der Waals surface area contributed by atoms with Gasteiger partial charge in [-0.25, -0.2) is 0 Å². The van der Waals surface area contributed by atoms with E-state index in [2.05, 4.69) is 13.8 Å². The number of methoxy groups -OCH3 is 1. The van der Waals surface area contributed by atoms with Crippen molar-refractivity contribution in [3.05, 3.63) is 35.9 Å². The molecule has 6 nitrogen and oxygen atoms in total. The van der Waals surface area contributed by atoms with E-state index in [1.54, 1.807) is 0 Å². The van der Waals surface area contributed by atoms with Gasteiger partial charge < -0.3 is 19.3 Å². The minimum absolute atomic E-state index is 0.0504. The fourth-order valence-corrected chi connectivity index (χ4v) is 3.62. The van der Waals surface area contributed by atoms with Gasteiger partial charge in [-0.1, -0.05) is 44.2 Å². The number of rotatable bonds is 7. The van der Waals surface area contributed by atoms with Crippen LogP contribution in [0.1, 0.15) is 25.8 Å². The highest BCUT2D eigenvalue weighted by Gasteiger charge is 2.61. The van der Waals surface area contributed by atoms with Crippen LogP contribution in [0, 0.1) is 5.92 Å². The van der Waals surface area contributed by atoms with Crippen molar-refractivity contribution >= 4 is 5.97 Å². The highest BCUT2D eigenvalue weighted by atomic mass is 16.7. The molecule has 138 valence electrons. The smallest absolute Gasteiger partial charge is 0.323 e. The topological polar surface area (TPSA) is 68.0 Å². The largest absolute Gasteiger partial charge is 0.468 e. The summed E-state index contributed by atoms with van der Waals surface area (Å²) in [4.78, 5) is 14.2. The van der Waals surface area contributed by atoms with Crippen LogP contribution in [0.2, 0.25) is 0 Å². The van der Waals surface area contributed by atoms with Crippen LogP contribution in [-0.2, 0) is 25.6 Å². The Labute approximate surface area is 148 Å². The van der Waals surface area contributed by atoms with Crippen LogP contribution in [0.25, 0.3) is 0 Å². The Kier molecular flexibility index (Phi) is 5.74. The van der Waals surface area contributed by atoms with Crippen molar-refractivity contribution in [2.24, 2.45) is 5.92 Å². The van der Waals surface area contributed by atoms with E-state index >= 15 is 0 Å². The second kappa shape index (κ2) is 7.83. The van der Waals surface area contributed by atoms with E-state index in [-0.39, 0.29) is 24.1 Å². The van der Waals surface area contributed by atoms with Crippen LogP contribution in [0.4, 0.5) is 0 Å². The molecule has 0 bridgehead atoms. The normalized spacial score (nSPS) is 32.1. The molecule has 0 aliphatic carbocycles. The molecule has 2 aliphatic heterocycles. The molecule has 1 aromatic carbocycles. The third kappa shape index (κ3) is 4.03. The Balaban J connectivity index is 1.60. The molecule has 6 heteroatoms. The molecule has 2 fully saturated rings. The summed E-state index contributed by atoms with van der Waals surface area (Å²) in [5, 5.41) is 10.6. The van der Waals surface area contributed by atoms with Gasteiger partial charge in [0.1, 0.15) is 12.1 Å². The molecule has 1 N–H and O–H groups in total. The van der Waals surface area contributed by atoms with Gasteiger partial charge in [0.2, 0.25) is 0 Å². The van der Waals surface area contributed by atoms with E-state index in [4.69, 9.17) is 14.2 Å². The van der Waals surface area contributed by atoms with Crippen LogP contribution in [0.3, 0.4) is 0 Å². The van der Waals surface area contributed by atoms with Crippen molar-refractivity contribution in [1.29, 1.82) is 0 Å². The molecule has 0 saturated carbocycles. The molecule has 2 heterocycles. The SMILES string of the molecule is COC(=O)[C@H](CC(C)C)N1[C@H]2[C@H](O)[C@@H](OCc3ccccc3)OC[C@H]21. The van der Waals surface area contributed by atoms with Gasteiger partial charge in [0, 0.05) is 0 Å². The van der Waals surface area contributed by atoms with Gasteiger partial charge in [-0.05, 0) is 17.9 Å². The highest BCUT2D eigenvalue weighted by Crippen LogP contribution is 2.41. The van der Waals surface area contributed by atoms with Crippen molar-refractivity contribution in [3.63, 3.8) is 0 Å². The van der Waals surface area contributed by atoms with Crippen LogP contribution >= 0.6 is 0 Å². The first-order chi connectivity index (χ1) is 12.0. The summed E-state index contributed by atoms with van der Waals surface area (Å²) in [6.45, 7) is 4.97. The van der Waals surface area contributed by atoms with E-state index < -0.39 is 12.4 Å². The van der Waals surface area contributed by atoms with Gasteiger partial charge in [0.05, 0.1) is 32.4 Å². The number of carbonyl (C=O) groups excluding carboxylic acids is 1. The number of benzene rings is 1. The average molecular weight is 349 g/mol. The van der Waals surface area contributed by atoms with Crippen molar-refractivity contribution < 1.29 is 24.1 Å². The Morgan fingerprint density at radius 3 is 2.72 bits per heavy atom. The van der Waals surface area contributed by atoms with Crippen molar-refractivity contribution in [2.75, 3.05) is 13.7 Å². The average Bonchev–Trinajstić information content (AvgIpc) is 3.34. The first-order valence-electron chi connectivity index (χ1n) is 8.83. The van der Waals surface area contributed by atoms with E-state index in [0.29, 0.717) is 25.6 Å². The lowest BCUT2D eigenvalue weighted by atomic mass is 10.0. The van der Waals surface area contributed by atoms with Gasteiger partial charge in [-0.2, -0.15) is 0 Å². The summed E-state index contributed by atoms with van der Waals surface area (Å²) in [6.07, 6.45) is -0.757. The first-order valence-corrected chi connectivity index (χ1v) is 8.83. The van der Waals surface area contributed by atoms with Crippen LogP contribution < -0.4 is 0 Å². The lowest BCUT2D eigenvalue weighted by Crippen LogP contribution is -2.42. The number of esters is 1. The fraction of sp³-hybridized carbons (Fsp3) is 0.632. The van der Waals surface area contributed by atoms with Crippen LogP contribution in [0.5, 0.6) is 0 Å². The standard InChI is InChI=1S/C19H27NO5/c1-12(2)9-14(18(22)23-3)20-15-11-25-19(17(21)16(15)20)24-10-13-7-5-4-6-8-13/h4-8,12,14-17,19,21H,9-11H2,1-3H3/t14-,15+,16+,17-,19-,20?/m0/s1. The van der Waals surface area contributed by atoms with Gasteiger partial charge in [0.25, 0.3) is 0 Å². The Bertz CT molecular complexity index is 578. The number of hydrogen-bond donors (Lipinski definition) is 1. The maximum Gasteiger partial charge on any atom is 0.323 e. The molecule has 0 aromatic heterocycles. The lowest BCUT2D eigenvalue weighted by Gasteiger charge is -2.26. The molecule has 2 saturated heterocycles. The molecule has 2 aliphatic rings. The Hall–Kier alpha value is -1.47. The zero-order chi connectivity index (χ0) is 18.0. The van der Waals surface area contributed by atoms with E-state index in [9.17, 15) is 9.90 Å². The van der Waals surface area contributed by atoms with Crippen molar-refractivity contribution in [1.82, 2.24) is 4.90 Å². The summed E-state index contributed by atoms with van der Waals surface area (Å²) < 4.78 is 16.4. The summed E-state index contributed by atoms with van der Waals surface area (Å²) in [7, 11) is 1.40. The van der Waals surface area contributed by atoms with Gasteiger partial charge >= 0.3 is 5.97 Å². The van der Waals surface area contributed by atoms with E-state index in [0.717, 1.165) is 5.56 Å².